The Bertz CT molecular complexity index is 547. The maximum absolute atomic E-state index is 12.5. The van der Waals surface area contributed by atoms with E-state index in [-0.39, 0.29) is 29.6 Å². The predicted molar refractivity (Wildman–Crippen MR) is 72.3 cm³/mol. The topological polar surface area (TPSA) is 78.9 Å². The van der Waals surface area contributed by atoms with Gasteiger partial charge in [-0.05, 0) is 38.0 Å². The molecule has 0 aliphatic heterocycles. The highest BCUT2D eigenvalue weighted by molar-refractivity contribution is 5.92. The Balaban J connectivity index is 2.76. The summed E-state index contributed by atoms with van der Waals surface area (Å²) < 4.78 is 37.6. The van der Waals surface area contributed by atoms with Crippen LogP contribution in [-0.2, 0) is 11.0 Å². The zero-order valence-electron chi connectivity index (χ0n) is 11.5. The van der Waals surface area contributed by atoms with Crippen LogP contribution in [-0.4, -0.2) is 11.9 Å². The number of hydrogen-bond donors (Lipinski definition) is 2. The lowest BCUT2D eigenvalue weighted by Gasteiger charge is -2.11. The number of carbonyl (C=O) groups excluding carboxylic acids is 1. The fourth-order valence-corrected chi connectivity index (χ4v) is 1.72. The Morgan fingerprint density at radius 1 is 1.48 bits per heavy atom. The van der Waals surface area contributed by atoms with Crippen molar-refractivity contribution in [3.63, 3.8) is 0 Å². The molecule has 0 heterocycles. The highest BCUT2D eigenvalue weighted by Crippen LogP contribution is 2.31. The molecule has 1 unspecified atom stereocenters. The molecule has 0 aliphatic rings. The molecule has 0 fully saturated rings. The Hall–Kier alpha value is -2.07. The van der Waals surface area contributed by atoms with E-state index in [1.807, 2.05) is 6.92 Å². The quantitative estimate of drug-likeness (QED) is 0.877. The lowest BCUT2D eigenvalue weighted by Crippen LogP contribution is -2.17. The van der Waals surface area contributed by atoms with Gasteiger partial charge in [0.05, 0.1) is 16.8 Å². The average molecular weight is 299 g/mol. The molecule has 0 bridgehead atoms. The van der Waals surface area contributed by atoms with Crippen LogP contribution in [0.3, 0.4) is 0 Å². The van der Waals surface area contributed by atoms with Crippen LogP contribution in [0, 0.1) is 11.3 Å². The molecule has 7 heteroatoms. The van der Waals surface area contributed by atoms with Crippen molar-refractivity contribution >= 4 is 11.6 Å². The normalized spacial score (nSPS) is 12.6. The number of nitrogens with zero attached hydrogens (tertiary/aromatic N) is 1. The largest absolute Gasteiger partial charge is 0.416 e. The molecule has 1 amide bonds. The molecular formula is C14H16F3N3O. The second-order valence-corrected chi connectivity index (χ2v) is 4.79. The summed E-state index contributed by atoms with van der Waals surface area (Å²) in [6.07, 6.45) is -3.07. The second kappa shape index (κ2) is 7.09. The SMILES string of the molecule is CC(N)CCCC(=O)Nc1ccc(C(F)(F)F)cc1C#N. The number of nitrogens with two attached hydrogens (primary N) is 1. The van der Waals surface area contributed by atoms with Crippen LogP contribution in [0.1, 0.15) is 37.3 Å². The molecule has 1 aromatic carbocycles. The first kappa shape index (κ1) is 17.0. The first-order valence-corrected chi connectivity index (χ1v) is 6.41. The molecule has 1 atom stereocenters. The van der Waals surface area contributed by atoms with Crippen molar-refractivity contribution in [3.8, 4) is 6.07 Å². The number of anilines is 1. The lowest BCUT2D eigenvalue weighted by molar-refractivity contribution is -0.137. The van der Waals surface area contributed by atoms with Crippen molar-refractivity contribution in [2.24, 2.45) is 5.73 Å². The highest BCUT2D eigenvalue weighted by Gasteiger charge is 2.31. The second-order valence-electron chi connectivity index (χ2n) is 4.79. The summed E-state index contributed by atoms with van der Waals surface area (Å²) >= 11 is 0. The summed E-state index contributed by atoms with van der Waals surface area (Å²) in [4.78, 5) is 11.7. The summed E-state index contributed by atoms with van der Waals surface area (Å²) in [5.41, 5.74) is 4.49. The summed E-state index contributed by atoms with van der Waals surface area (Å²) in [6.45, 7) is 1.82. The predicted octanol–water partition coefficient (Wildman–Crippen LogP) is 3.03. The third-order valence-electron chi connectivity index (χ3n) is 2.80. The number of halogens is 3. The van der Waals surface area contributed by atoms with Crippen LogP contribution in [0.4, 0.5) is 18.9 Å². The zero-order valence-corrected chi connectivity index (χ0v) is 11.5. The maximum Gasteiger partial charge on any atom is 0.416 e. The van der Waals surface area contributed by atoms with Crippen LogP contribution in [0.2, 0.25) is 0 Å². The number of amides is 1. The van der Waals surface area contributed by atoms with Crippen molar-refractivity contribution in [1.29, 1.82) is 5.26 Å². The summed E-state index contributed by atoms with van der Waals surface area (Å²) in [6, 6.07) is 4.28. The number of carbonyl (C=O) groups is 1. The summed E-state index contributed by atoms with van der Waals surface area (Å²) in [7, 11) is 0. The summed E-state index contributed by atoms with van der Waals surface area (Å²) in [5, 5.41) is 11.3. The van der Waals surface area contributed by atoms with Gasteiger partial charge < -0.3 is 11.1 Å². The van der Waals surface area contributed by atoms with Gasteiger partial charge in [-0.2, -0.15) is 18.4 Å². The van der Waals surface area contributed by atoms with E-state index in [4.69, 9.17) is 11.0 Å². The van der Waals surface area contributed by atoms with Gasteiger partial charge in [0.1, 0.15) is 6.07 Å². The van der Waals surface area contributed by atoms with E-state index in [9.17, 15) is 18.0 Å². The number of nitriles is 1. The average Bonchev–Trinajstić information content (AvgIpc) is 2.37. The minimum Gasteiger partial charge on any atom is -0.328 e. The van der Waals surface area contributed by atoms with Crippen molar-refractivity contribution in [1.82, 2.24) is 0 Å². The molecule has 3 N–H and O–H groups in total. The summed E-state index contributed by atoms with van der Waals surface area (Å²) in [5.74, 6) is -0.355. The molecule has 0 aromatic heterocycles. The van der Waals surface area contributed by atoms with Gasteiger partial charge in [-0.3, -0.25) is 4.79 Å². The Morgan fingerprint density at radius 2 is 2.14 bits per heavy atom. The van der Waals surface area contributed by atoms with Crippen molar-refractivity contribution < 1.29 is 18.0 Å². The van der Waals surface area contributed by atoms with Gasteiger partial charge in [0.2, 0.25) is 5.91 Å². The molecule has 0 saturated heterocycles. The minimum absolute atomic E-state index is 0.0152. The Morgan fingerprint density at radius 3 is 2.67 bits per heavy atom. The van der Waals surface area contributed by atoms with E-state index >= 15 is 0 Å². The van der Waals surface area contributed by atoms with Crippen LogP contribution in [0.25, 0.3) is 0 Å². The smallest absolute Gasteiger partial charge is 0.328 e. The van der Waals surface area contributed by atoms with Crippen LogP contribution in [0.5, 0.6) is 0 Å². The maximum atomic E-state index is 12.5. The minimum atomic E-state index is -4.52. The molecule has 4 nitrogen and oxygen atoms in total. The van der Waals surface area contributed by atoms with E-state index in [1.165, 1.54) is 0 Å². The monoisotopic (exact) mass is 299 g/mol. The van der Waals surface area contributed by atoms with Crippen molar-refractivity contribution in [2.75, 3.05) is 5.32 Å². The number of benzene rings is 1. The number of alkyl halides is 3. The fraction of sp³-hybridized carbons (Fsp3) is 0.429. The molecule has 0 aliphatic carbocycles. The van der Waals surface area contributed by atoms with Gasteiger partial charge in [-0.15, -0.1) is 0 Å². The van der Waals surface area contributed by atoms with Crippen LogP contribution in [0.15, 0.2) is 18.2 Å². The van der Waals surface area contributed by atoms with E-state index in [1.54, 1.807) is 6.07 Å². The van der Waals surface area contributed by atoms with E-state index in [0.717, 1.165) is 18.2 Å². The van der Waals surface area contributed by atoms with Crippen LogP contribution < -0.4 is 11.1 Å². The third-order valence-corrected chi connectivity index (χ3v) is 2.80. The number of nitrogens with one attached hydrogen (secondary N) is 1. The van der Waals surface area contributed by atoms with E-state index in [0.29, 0.717) is 12.8 Å². The van der Waals surface area contributed by atoms with Gasteiger partial charge >= 0.3 is 6.18 Å². The first-order valence-electron chi connectivity index (χ1n) is 6.41. The van der Waals surface area contributed by atoms with E-state index in [2.05, 4.69) is 5.32 Å². The van der Waals surface area contributed by atoms with Crippen molar-refractivity contribution in [3.05, 3.63) is 29.3 Å². The molecule has 0 saturated carbocycles. The van der Waals surface area contributed by atoms with Crippen LogP contribution >= 0.6 is 0 Å². The van der Waals surface area contributed by atoms with Gasteiger partial charge in [-0.1, -0.05) is 0 Å². The van der Waals surface area contributed by atoms with Crippen molar-refractivity contribution in [2.45, 2.75) is 38.4 Å². The van der Waals surface area contributed by atoms with E-state index < -0.39 is 11.7 Å². The molecule has 21 heavy (non-hydrogen) atoms. The highest BCUT2D eigenvalue weighted by atomic mass is 19.4. The number of hydrogen-bond acceptors (Lipinski definition) is 3. The molecule has 114 valence electrons. The third kappa shape index (κ3) is 5.44. The molecule has 1 aromatic rings. The standard InChI is InChI=1S/C14H16F3N3O/c1-9(19)3-2-4-13(21)20-12-6-5-11(14(15,16)17)7-10(12)8-18/h5-7,9H,2-4,19H2,1H3,(H,20,21). The van der Waals surface area contributed by atoms with Gasteiger partial charge in [0, 0.05) is 12.5 Å². The molecule has 0 radical (unpaired) electrons. The molecular weight excluding hydrogens is 283 g/mol. The van der Waals surface area contributed by atoms with Gasteiger partial charge in [0.15, 0.2) is 0 Å². The molecule has 0 spiro atoms. The fourth-order valence-electron chi connectivity index (χ4n) is 1.72. The first-order chi connectivity index (χ1) is 9.74. The van der Waals surface area contributed by atoms with Gasteiger partial charge in [-0.25, -0.2) is 0 Å². The molecule has 1 rings (SSSR count). The Labute approximate surface area is 120 Å². The lowest BCUT2D eigenvalue weighted by atomic mass is 10.1. The van der Waals surface area contributed by atoms with Gasteiger partial charge in [0.25, 0.3) is 0 Å². The Kier molecular flexibility index (Phi) is 5.73. The zero-order chi connectivity index (χ0) is 16.0. The number of rotatable bonds is 5.